The minimum absolute atomic E-state index is 0.435. The smallest absolute Gasteiger partial charge is 0.179 e. The van der Waals surface area contributed by atoms with Crippen molar-refractivity contribution in [1.29, 1.82) is 0 Å². The highest BCUT2D eigenvalue weighted by atomic mass is 32.2. The van der Waals surface area contributed by atoms with Crippen LogP contribution in [0.5, 0.6) is 0 Å². The maximum atomic E-state index is 10.3. The van der Waals surface area contributed by atoms with Gasteiger partial charge in [0.15, 0.2) is 0 Å². The van der Waals surface area contributed by atoms with Crippen molar-refractivity contribution in [3.05, 3.63) is 0 Å². The van der Waals surface area contributed by atoms with Gasteiger partial charge in [0.05, 0.1) is 11.9 Å². The Hall–Kier alpha value is -0.710. The zero-order chi connectivity index (χ0) is 6.20. The number of hydrogen-bond acceptors (Lipinski definition) is 2. The highest BCUT2D eigenvalue weighted by molar-refractivity contribution is 7.89. The summed E-state index contributed by atoms with van der Waals surface area (Å²) < 4.78 is 26.8. The fourth-order valence-electron chi connectivity index (χ4n) is 0.372. The van der Waals surface area contributed by atoms with E-state index >= 15 is 0 Å². The first-order chi connectivity index (χ1) is 3.60. The normalized spacial score (nSPS) is 23.4. The van der Waals surface area contributed by atoms with Gasteiger partial charge in [-0.1, -0.05) is 0 Å². The van der Waals surface area contributed by atoms with E-state index < -0.39 is 10.2 Å². The Morgan fingerprint density at radius 1 is 1.62 bits per heavy atom. The molecule has 0 aromatic carbocycles. The van der Waals surface area contributed by atoms with Crippen molar-refractivity contribution < 1.29 is 8.42 Å². The Bertz CT molecular complexity index is 248. The first-order valence-corrected chi connectivity index (χ1v) is 3.37. The minimum atomic E-state index is -3.44. The summed E-state index contributed by atoms with van der Waals surface area (Å²) in [5.41, 5.74) is 0.435. The third-order valence-corrected chi connectivity index (χ3v) is 1.52. The van der Waals surface area contributed by atoms with Crippen LogP contribution >= 0.6 is 0 Å². The van der Waals surface area contributed by atoms with E-state index in [-0.39, 0.29) is 0 Å². The zero-order valence-corrected chi connectivity index (χ0v) is 5.01. The van der Waals surface area contributed by atoms with E-state index in [0.29, 0.717) is 5.71 Å². The second-order valence-electron chi connectivity index (χ2n) is 1.42. The summed E-state index contributed by atoms with van der Waals surface area (Å²) in [5, 5.41) is 0. The molecule has 0 saturated heterocycles. The van der Waals surface area contributed by atoms with Crippen molar-refractivity contribution in [3.8, 4) is 0 Å². The first kappa shape index (κ1) is 5.43. The molecule has 1 aliphatic heterocycles. The van der Waals surface area contributed by atoms with E-state index in [1.807, 2.05) is 0 Å². The van der Waals surface area contributed by atoms with Crippen LogP contribution in [0.2, 0.25) is 0 Å². The Morgan fingerprint density at radius 3 is 2.38 bits per heavy atom. The van der Waals surface area contributed by atoms with Crippen LogP contribution in [0.4, 0.5) is 0 Å². The summed E-state index contributed by atoms with van der Waals surface area (Å²) in [6.07, 6.45) is 1.22. The van der Waals surface area contributed by atoms with Crippen molar-refractivity contribution in [2.75, 3.05) is 0 Å². The standard InChI is InChI=1S/C3H4N2O2S/c1-3-2-4-8(6,7)5-3/h2H,1H3. The van der Waals surface area contributed by atoms with Crippen LogP contribution in [-0.2, 0) is 10.2 Å². The van der Waals surface area contributed by atoms with Crippen LogP contribution in [0.15, 0.2) is 8.80 Å². The monoisotopic (exact) mass is 132 g/mol. The summed E-state index contributed by atoms with van der Waals surface area (Å²) in [6, 6.07) is 0. The lowest BCUT2D eigenvalue weighted by molar-refractivity contribution is 0.601. The summed E-state index contributed by atoms with van der Waals surface area (Å²) in [7, 11) is -3.44. The third kappa shape index (κ3) is 0.919. The topological polar surface area (TPSA) is 58.9 Å². The molecule has 5 heteroatoms. The average Bonchev–Trinajstić information content (AvgIpc) is 1.82. The molecule has 0 saturated carbocycles. The number of rotatable bonds is 0. The molecule has 0 unspecified atom stereocenters. The van der Waals surface area contributed by atoms with Crippen LogP contribution in [0.3, 0.4) is 0 Å². The first-order valence-electron chi connectivity index (χ1n) is 1.97. The second kappa shape index (κ2) is 1.38. The lowest BCUT2D eigenvalue weighted by Crippen LogP contribution is -1.85. The molecule has 0 amide bonds. The van der Waals surface area contributed by atoms with Crippen molar-refractivity contribution in [2.45, 2.75) is 6.92 Å². The molecule has 1 heterocycles. The summed E-state index contributed by atoms with van der Waals surface area (Å²) in [4.78, 5) is 0. The fourth-order valence-corrected chi connectivity index (χ4v) is 1.12. The molecule has 0 atom stereocenters. The summed E-state index contributed by atoms with van der Waals surface area (Å²) >= 11 is 0. The lowest BCUT2D eigenvalue weighted by Gasteiger charge is -1.74. The fraction of sp³-hybridized carbons (Fsp3) is 0.333. The zero-order valence-electron chi connectivity index (χ0n) is 4.20. The molecule has 0 aromatic heterocycles. The molecule has 0 bridgehead atoms. The van der Waals surface area contributed by atoms with Crippen LogP contribution in [-0.4, -0.2) is 20.3 Å². The Morgan fingerprint density at radius 2 is 2.25 bits per heavy atom. The predicted molar refractivity (Wildman–Crippen MR) is 30.5 cm³/mol. The SMILES string of the molecule is CC1=NS(=O)(=O)N=C1. The van der Waals surface area contributed by atoms with E-state index in [9.17, 15) is 8.42 Å². The van der Waals surface area contributed by atoms with Gasteiger partial charge in [0.1, 0.15) is 0 Å². The molecule has 1 rings (SSSR count). The molecule has 0 fully saturated rings. The van der Waals surface area contributed by atoms with Crippen molar-refractivity contribution >= 4 is 22.1 Å². The van der Waals surface area contributed by atoms with Gasteiger partial charge in [-0.05, 0) is 6.92 Å². The second-order valence-corrected chi connectivity index (χ2v) is 2.70. The van der Waals surface area contributed by atoms with E-state index in [1.54, 1.807) is 6.92 Å². The van der Waals surface area contributed by atoms with Gasteiger partial charge in [0.25, 0.3) is 0 Å². The van der Waals surface area contributed by atoms with Gasteiger partial charge in [-0.3, -0.25) is 0 Å². The van der Waals surface area contributed by atoms with Gasteiger partial charge >= 0.3 is 10.2 Å². The average molecular weight is 132 g/mol. The Kier molecular flexibility index (Phi) is 0.937. The van der Waals surface area contributed by atoms with Gasteiger partial charge in [0, 0.05) is 0 Å². The van der Waals surface area contributed by atoms with Crippen LogP contribution in [0.25, 0.3) is 0 Å². The Balaban J connectivity index is 3.21. The largest absolute Gasteiger partial charge is 0.363 e. The molecule has 1 aliphatic rings. The number of nitrogens with zero attached hydrogens (tertiary/aromatic N) is 2. The van der Waals surface area contributed by atoms with Gasteiger partial charge in [0.2, 0.25) is 0 Å². The molecule has 0 spiro atoms. The summed E-state index contributed by atoms with van der Waals surface area (Å²) in [6.45, 7) is 1.58. The van der Waals surface area contributed by atoms with Crippen molar-refractivity contribution in [3.63, 3.8) is 0 Å². The molecule has 44 valence electrons. The minimum Gasteiger partial charge on any atom is -0.179 e. The van der Waals surface area contributed by atoms with Crippen molar-refractivity contribution in [2.24, 2.45) is 8.80 Å². The molecule has 0 N–H and O–H groups in total. The molecular weight excluding hydrogens is 128 g/mol. The highest BCUT2D eigenvalue weighted by Gasteiger charge is 2.09. The number of hydrogen-bond donors (Lipinski definition) is 0. The molecule has 0 aliphatic carbocycles. The summed E-state index contributed by atoms with van der Waals surface area (Å²) in [5.74, 6) is 0. The van der Waals surface area contributed by atoms with Gasteiger partial charge < -0.3 is 0 Å². The van der Waals surface area contributed by atoms with Gasteiger partial charge in [-0.15, -0.1) is 8.80 Å². The Labute approximate surface area is 47.2 Å². The van der Waals surface area contributed by atoms with Crippen LogP contribution < -0.4 is 0 Å². The molecular formula is C3H4N2O2S. The maximum absolute atomic E-state index is 10.3. The highest BCUT2D eigenvalue weighted by Crippen LogP contribution is 1.99. The van der Waals surface area contributed by atoms with E-state index in [1.165, 1.54) is 6.21 Å². The van der Waals surface area contributed by atoms with Crippen molar-refractivity contribution in [1.82, 2.24) is 0 Å². The lowest BCUT2D eigenvalue weighted by atomic mass is 10.5. The molecule has 0 radical (unpaired) electrons. The molecule has 8 heavy (non-hydrogen) atoms. The molecule has 0 aromatic rings. The third-order valence-electron chi connectivity index (χ3n) is 0.632. The maximum Gasteiger partial charge on any atom is 0.363 e. The van der Waals surface area contributed by atoms with Gasteiger partial charge in [-0.2, -0.15) is 8.42 Å². The quantitative estimate of drug-likeness (QED) is 0.457. The van der Waals surface area contributed by atoms with Crippen LogP contribution in [0, 0.1) is 0 Å². The van der Waals surface area contributed by atoms with E-state index in [0.717, 1.165) is 0 Å². The van der Waals surface area contributed by atoms with Gasteiger partial charge in [-0.25, -0.2) is 0 Å². The predicted octanol–water partition coefficient (Wildman–Crippen LogP) is -0.223. The molecule has 4 nitrogen and oxygen atoms in total. The van der Waals surface area contributed by atoms with Crippen LogP contribution in [0.1, 0.15) is 6.92 Å². The van der Waals surface area contributed by atoms with E-state index in [2.05, 4.69) is 8.80 Å². The van der Waals surface area contributed by atoms with E-state index in [4.69, 9.17) is 0 Å².